The number of carbonyl (C=O) groups is 2. The summed E-state index contributed by atoms with van der Waals surface area (Å²) in [5.74, 6) is -1.13. The molecule has 0 spiro atoms. The maximum atomic E-state index is 15.4. The Kier molecular flexibility index (Phi) is 8.88. The predicted octanol–water partition coefficient (Wildman–Crippen LogP) is 3.77. The molecule has 1 aliphatic heterocycles. The minimum absolute atomic E-state index is 0.000259. The van der Waals surface area contributed by atoms with Crippen LogP contribution in [-0.4, -0.2) is 50.8 Å². The smallest absolute Gasteiger partial charge is 0.346 e. The topological polar surface area (TPSA) is 149 Å². The number of nitrogens with zero attached hydrogens (tertiary/aromatic N) is 4. The second-order valence-electron chi connectivity index (χ2n) is 11.4. The maximum Gasteiger partial charge on any atom is 0.346 e. The van der Waals surface area contributed by atoms with E-state index in [2.05, 4.69) is 21.0 Å². The van der Waals surface area contributed by atoms with Crippen LogP contribution in [0.3, 0.4) is 0 Å². The summed E-state index contributed by atoms with van der Waals surface area (Å²) in [5.41, 5.74) is 1.05. The van der Waals surface area contributed by atoms with E-state index in [1.54, 1.807) is 25.3 Å². The second kappa shape index (κ2) is 12.9. The van der Waals surface area contributed by atoms with Gasteiger partial charge in [-0.15, -0.1) is 0 Å². The van der Waals surface area contributed by atoms with Crippen LogP contribution in [0.25, 0.3) is 22.4 Å². The van der Waals surface area contributed by atoms with E-state index in [0.717, 1.165) is 45.7 Å². The third-order valence-electron chi connectivity index (χ3n) is 8.47. The van der Waals surface area contributed by atoms with Crippen molar-refractivity contribution in [1.82, 2.24) is 30.0 Å². The fourth-order valence-corrected chi connectivity index (χ4v) is 6.68. The van der Waals surface area contributed by atoms with Crippen molar-refractivity contribution in [1.29, 1.82) is 0 Å². The van der Waals surface area contributed by atoms with Crippen molar-refractivity contribution in [2.24, 2.45) is 14.1 Å². The Morgan fingerprint density at radius 2 is 1.85 bits per heavy atom. The number of nitrogens with one attached hydrogen (secondary N) is 3. The number of fused-ring (bicyclic) bond motifs is 1. The quantitative estimate of drug-likeness (QED) is 0.255. The first-order chi connectivity index (χ1) is 22.5. The molecule has 4 aromatic rings. The summed E-state index contributed by atoms with van der Waals surface area (Å²) in [4.78, 5) is 53.9. The molecule has 0 bridgehead atoms. The number of hydrogen-bond donors (Lipinski definition) is 3. The van der Waals surface area contributed by atoms with Gasteiger partial charge in [-0.3, -0.25) is 19.0 Å². The molecule has 6 rings (SSSR count). The van der Waals surface area contributed by atoms with Crippen LogP contribution < -0.4 is 31.9 Å². The van der Waals surface area contributed by atoms with Gasteiger partial charge in [-0.2, -0.15) is 5.10 Å². The lowest BCUT2D eigenvalue weighted by Gasteiger charge is -2.20. The lowest BCUT2D eigenvalue weighted by molar-refractivity contribution is -0.119. The zero-order chi connectivity index (χ0) is 33.6. The van der Waals surface area contributed by atoms with Crippen LogP contribution in [-0.2, 0) is 25.3 Å². The number of rotatable bonds is 8. The minimum Gasteiger partial charge on any atom is -0.481 e. The molecule has 2 aromatic carbocycles. The molecule has 0 radical (unpaired) electrons. The lowest BCUT2D eigenvalue weighted by Crippen LogP contribution is -2.43. The first-order valence-corrected chi connectivity index (χ1v) is 15.6. The number of ether oxygens (including phenoxy) is 1. The molecule has 2 aliphatic rings. The van der Waals surface area contributed by atoms with Crippen LogP contribution >= 0.6 is 23.2 Å². The molecule has 15 heteroatoms. The summed E-state index contributed by atoms with van der Waals surface area (Å²) < 4.78 is 22.8. The van der Waals surface area contributed by atoms with Gasteiger partial charge in [0.25, 0.3) is 11.5 Å². The molecule has 1 fully saturated rings. The molecule has 1 saturated heterocycles. The number of aryl methyl sites for hydroxylation is 2. The van der Waals surface area contributed by atoms with Gasteiger partial charge in [0.05, 0.1) is 28.5 Å². The summed E-state index contributed by atoms with van der Waals surface area (Å²) in [6.07, 6.45) is 2.92. The molecule has 2 atom stereocenters. The van der Waals surface area contributed by atoms with Gasteiger partial charge in [-0.25, -0.2) is 18.9 Å². The Balaban J connectivity index is 1.32. The van der Waals surface area contributed by atoms with Gasteiger partial charge < -0.3 is 20.7 Å². The van der Waals surface area contributed by atoms with Gasteiger partial charge >= 0.3 is 5.69 Å². The highest BCUT2D eigenvalue weighted by Crippen LogP contribution is 2.45. The molecule has 0 unspecified atom stereocenters. The fraction of sp³-hybridized carbons (Fsp3) is 0.312. The van der Waals surface area contributed by atoms with Gasteiger partial charge in [0, 0.05) is 61.4 Å². The van der Waals surface area contributed by atoms with Crippen molar-refractivity contribution in [3.8, 4) is 28.3 Å². The van der Waals surface area contributed by atoms with E-state index >= 15 is 4.39 Å². The average molecular weight is 683 g/mol. The highest BCUT2D eigenvalue weighted by atomic mass is 35.5. The third-order valence-corrected chi connectivity index (χ3v) is 9.27. The third kappa shape index (κ3) is 6.01. The van der Waals surface area contributed by atoms with E-state index in [9.17, 15) is 19.2 Å². The van der Waals surface area contributed by atoms with Crippen LogP contribution in [0.5, 0.6) is 5.88 Å². The summed E-state index contributed by atoms with van der Waals surface area (Å²) >= 11 is 13.6. The van der Waals surface area contributed by atoms with Crippen LogP contribution in [0, 0.1) is 5.82 Å². The molecule has 3 N–H and O–H groups in total. The minimum atomic E-state index is -0.935. The van der Waals surface area contributed by atoms with Crippen molar-refractivity contribution in [2.75, 3.05) is 19.0 Å². The number of carbonyl (C=O) groups excluding carboxylic acids is 2. The Labute approximate surface area is 277 Å². The normalized spacial score (nSPS) is 17.0. The van der Waals surface area contributed by atoms with Crippen LogP contribution in [0.15, 0.2) is 46.0 Å². The number of aromatic nitrogens is 4. The monoisotopic (exact) mass is 681 g/mol. The number of halogens is 3. The molecule has 0 saturated carbocycles. The molecule has 47 heavy (non-hydrogen) atoms. The van der Waals surface area contributed by atoms with Crippen LogP contribution in [0.4, 0.5) is 10.1 Å². The molecule has 3 heterocycles. The lowest BCUT2D eigenvalue weighted by atomic mass is 9.98. The summed E-state index contributed by atoms with van der Waals surface area (Å²) in [6, 6.07) is 9.44. The first kappa shape index (κ1) is 32.4. The molecule has 2 aromatic heterocycles. The Morgan fingerprint density at radius 3 is 2.57 bits per heavy atom. The van der Waals surface area contributed by atoms with E-state index in [1.165, 1.54) is 20.2 Å². The fourth-order valence-electron chi connectivity index (χ4n) is 6.06. The Hall–Kier alpha value is -4.59. The van der Waals surface area contributed by atoms with E-state index < -0.39 is 28.7 Å². The molecule has 244 valence electrons. The zero-order valence-electron chi connectivity index (χ0n) is 25.6. The average Bonchev–Trinajstić information content (AvgIpc) is 3.67. The highest BCUT2D eigenvalue weighted by Gasteiger charge is 2.31. The molecule has 2 amide bonds. The molecular weight excluding hydrogens is 652 g/mol. The zero-order valence-corrected chi connectivity index (χ0v) is 27.1. The van der Waals surface area contributed by atoms with E-state index in [-0.39, 0.29) is 44.9 Å². The predicted molar refractivity (Wildman–Crippen MR) is 175 cm³/mol. The van der Waals surface area contributed by atoms with Crippen molar-refractivity contribution in [2.45, 2.75) is 37.8 Å². The number of anilines is 1. The first-order valence-electron chi connectivity index (χ1n) is 14.8. The maximum absolute atomic E-state index is 15.4. The van der Waals surface area contributed by atoms with Gasteiger partial charge in [-0.1, -0.05) is 41.4 Å². The number of amides is 2. The van der Waals surface area contributed by atoms with Gasteiger partial charge in [0.15, 0.2) is 0 Å². The van der Waals surface area contributed by atoms with E-state index in [4.69, 9.17) is 32.9 Å². The highest BCUT2D eigenvalue weighted by molar-refractivity contribution is 6.39. The van der Waals surface area contributed by atoms with Crippen molar-refractivity contribution in [3.63, 3.8) is 0 Å². The van der Waals surface area contributed by atoms with Crippen LogP contribution in [0.1, 0.15) is 46.9 Å². The van der Waals surface area contributed by atoms with E-state index in [0.29, 0.717) is 30.1 Å². The van der Waals surface area contributed by atoms with Crippen molar-refractivity contribution >= 4 is 40.7 Å². The summed E-state index contributed by atoms with van der Waals surface area (Å²) in [5, 5.41) is 12.8. The molecule has 1 aliphatic carbocycles. The largest absolute Gasteiger partial charge is 0.481 e. The Morgan fingerprint density at radius 1 is 1.09 bits per heavy atom. The summed E-state index contributed by atoms with van der Waals surface area (Å²) in [7, 11) is 4.07. The molecule has 12 nitrogen and oxygen atoms in total. The van der Waals surface area contributed by atoms with Gasteiger partial charge in [0.2, 0.25) is 17.5 Å². The van der Waals surface area contributed by atoms with Gasteiger partial charge in [0.1, 0.15) is 5.82 Å². The van der Waals surface area contributed by atoms with Crippen molar-refractivity contribution < 1.29 is 18.7 Å². The number of methoxy groups -OCH3 is 1. The standard InChI is InChI=1S/C32H30Cl2FN7O5/c1-41-31(45)28(40-42(2)32(41)46)29(44)38-21-11-9-19(35)25(27(21)34)18-6-4-5-17(26(18)33)22-13-15-7-10-20(24(15)30(39-22)47-3)36-14-16-8-12-23(43)37-16/h4-6,9,11,13,16,20,36H,7-8,10,12,14H2,1-3H3,(H,37,43)(H,38,44)/t16-,20-/m0/s1. The second-order valence-corrected chi connectivity index (χ2v) is 12.2. The number of pyridine rings is 1. The summed E-state index contributed by atoms with van der Waals surface area (Å²) in [6.45, 7) is 0.638. The van der Waals surface area contributed by atoms with Gasteiger partial charge in [-0.05, 0) is 43.0 Å². The van der Waals surface area contributed by atoms with Crippen LogP contribution in [0.2, 0.25) is 10.0 Å². The molecular formula is C32H30Cl2FN7O5. The number of hydrogen-bond acceptors (Lipinski definition) is 8. The SMILES string of the molecule is COc1nc(-c2cccc(-c3c(F)ccc(NC(=O)c4nn(C)c(=O)n(C)c4=O)c3Cl)c2Cl)cc2c1[C@@H](NC[C@@H]1CCC(=O)N1)CC2. The van der Waals surface area contributed by atoms with Crippen molar-refractivity contribution in [3.05, 3.63) is 89.9 Å². The van der Waals surface area contributed by atoms with E-state index in [1.807, 2.05) is 6.07 Å². The Bertz CT molecular complexity index is 2070. The number of benzene rings is 2.